The zero-order valence-corrected chi connectivity index (χ0v) is 16.8. The van der Waals surface area contributed by atoms with Crippen molar-refractivity contribution in [3.63, 3.8) is 0 Å². The molecule has 0 spiro atoms. The van der Waals surface area contributed by atoms with E-state index in [1.54, 1.807) is 11.0 Å². The molecular weight excluding hydrogens is 366 g/mol. The molecule has 0 radical (unpaired) electrons. The van der Waals surface area contributed by atoms with E-state index in [0.29, 0.717) is 25.7 Å². The summed E-state index contributed by atoms with van der Waals surface area (Å²) in [6.07, 6.45) is 4.41. The van der Waals surface area contributed by atoms with E-state index in [0.717, 1.165) is 36.4 Å². The van der Waals surface area contributed by atoms with Crippen LogP contribution in [0.15, 0.2) is 36.8 Å². The highest BCUT2D eigenvalue weighted by atomic mass is 16.2. The van der Waals surface area contributed by atoms with Crippen molar-refractivity contribution in [3.8, 4) is 0 Å². The lowest BCUT2D eigenvalue weighted by atomic mass is 10.1. The number of para-hydroxylation sites is 1. The molecule has 2 aromatic heterocycles. The summed E-state index contributed by atoms with van der Waals surface area (Å²) in [6.45, 7) is 5.57. The van der Waals surface area contributed by atoms with E-state index in [4.69, 9.17) is 0 Å². The number of carbonyl (C=O) groups is 1. The second-order valence-electron chi connectivity index (χ2n) is 7.88. The van der Waals surface area contributed by atoms with Gasteiger partial charge >= 0.3 is 0 Å². The predicted octanol–water partition coefficient (Wildman–Crippen LogP) is 1.46. The van der Waals surface area contributed by atoms with Crippen LogP contribution < -0.4 is 9.80 Å². The van der Waals surface area contributed by atoms with E-state index in [1.807, 2.05) is 24.2 Å². The van der Waals surface area contributed by atoms with Crippen LogP contribution in [0.4, 0.5) is 11.5 Å². The van der Waals surface area contributed by atoms with Crippen molar-refractivity contribution in [2.75, 3.05) is 42.5 Å². The highest BCUT2D eigenvalue weighted by Gasteiger charge is 2.30. The van der Waals surface area contributed by atoms with Crippen LogP contribution in [0.1, 0.15) is 12.5 Å². The average Bonchev–Trinajstić information content (AvgIpc) is 3.28. The first kappa shape index (κ1) is 17.9. The Labute approximate surface area is 169 Å². The van der Waals surface area contributed by atoms with Crippen molar-refractivity contribution in [1.82, 2.24) is 24.6 Å². The third-order valence-electron chi connectivity index (χ3n) is 6.09. The molecule has 4 heterocycles. The number of nitrogens with zero attached hydrogens (tertiary/aromatic N) is 7. The van der Waals surface area contributed by atoms with Crippen LogP contribution in [0.5, 0.6) is 0 Å². The number of hydrogen-bond donors (Lipinski definition) is 0. The second-order valence-corrected chi connectivity index (χ2v) is 7.88. The van der Waals surface area contributed by atoms with E-state index >= 15 is 0 Å². The molecule has 2 aliphatic rings. The van der Waals surface area contributed by atoms with E-state index < -0.39 is 0 Å². The van der Waals surface area contributed by atoms with Gasteiger partial charge in [-0.05, 0) is 25.0 Å². The molecule has 5 rings (SSSR count). The van der Waals surface area contributed by atoms with Crippen LogP contribution in [0.25, 0.3) is 11.0 Å². The van der Waals surface area contributed by atoms with Gasteiger partial charge in [0.1, 0.15) is 12.1 Å². The molecular formula is C21H25N7O. The lowest BCUT2D eigenvalue weighted by molar-refractivity contribution is -0.130. The fraction of sp³-hybridized carbons (Fsp3) is 0.429. The highest BCUT2D eigenvalue weighted by Crippen LogP contribution is 2.31. The second kappa shape index (κ2) is 7.02. The highest BCUT2D eigenvalue weighted by molar-refractivity contribution is 5.87. The molecule has 1 atom stereocenters. The molecule has 1 amide bonds. The Morgan fingerprint density at radius 1 is 1.14 bits per heavy atom. The Hall–Kier alpha value is -3.16. The lowest BCUT2D eigenvalue weighted by Gasteiger charge is -2.37. The molecule has 0 aliphatic carbocycles. The van der Waals surface area contributed by atoms with Crippen LogP contribution in [-0.2, 0) is 18.3 Å². The van der Waals surface area contributed by atoms with Gasteiger partial charge in [-0.3, -0.25) is 9.48 Å². The van der Waals surface area contributed by atoms with Gasteiger partial charge in [0, 0.05) is 45.0 Å². The van der Waals surface area contributed by atoms with Crippen molar-refractivity contribution in [2.24, 2.45) is 7.05 Å². The number of amides is 1. The van der Waals surface area contributed by atoms with Crippen LogP contribution in [-0.4, -0.2) is 69.3 Å². The molecule has 150 valence electrons. The summed E-state index contributed by atoms with van der Waals surface area (Å²) in [5, 5.41) is 5.25. The molecule has 2 aliphatic heterocycles. The Bertz CT molecular complexity index is 1050. The minimum Gasteiger partial charge on any atom is -0.359 e. The SMILES string of the molecule is CC1Cc2ccccc2N1CC(=O)N1CCN(c2ncnc3c2cnn3C)CC1. The molecule has 8 nitrogen and oxygen atoms in total. The smallest absolute Gasteiger partial charge is 0.242 e. The molecule has 1 saturated heterocycles. The number of fused-ring (bicyclic) bond motifs is 2. The first-order valence-corrected chi connectivity index (χ1v) is 10.1. The summed E-state index contributed by atoms with van der Waals surface area (Å²) in [4.78, 5) is 28.2. The molecule has 0 N–H and O–H groups in total. The quantitative estimate of drug-likeness (QED) is 0.673. The zero-order chi connectivity index (χ0) is 20.0. The first-order valence-electron chi connectivity index (χ1n) is 10.1. The maximum absolute atomic E-state index is 13.0. The third kappa shape index (κ3) is 3.08. The molecule has 1 fully saturated rings. The maximum Gasteiger partial charge on any atom is 0.242 e. The van der Waals surface area contributed by atoms with Gasteiger partial charge < -0.3 is 14.7 Å². The fourth-order valence-corrected chi connectivity index (χ4v) is 4.49. The minimum absolute atomic E-state index is 0.197. The molecule has 1 aromatic carbocycles. The number of aryl methyl sites for hydroxylation is 1. The first-order chi connectivity index (χ1) is 14.1. The van der Waals surface area contributed by atoms with Gasteiger partial charge in [0.2, 0.25) is 5.91 Å². The Morgan fingerprint density at radius 2 is 1.93 bits per heavy atom. The summed E-state index contributed by atoms with van der Waals surface area (Å²) in [5.74, 6) is 1.10. The third-order valence-corrected chi connectivity index (χ3v) is 6.09. The van der Waals surface area contributed by atoms with Crippen molar-refractivity contribution in [2.45, 2.75) is 19.4 Å². The van der Waals surface area contributed by atoms with Crippen LogP contribution in [0, 0.1) is 0 Å². The number of anilines is 2. The number of piperazine rings is 1. The molecule has 8 heteroatoms. The van der Waals surface area contributed by atoms with Crippen molar-refractivity contribution < 1.29 is 4.79 Å². The topological polar surface area (TPSA) is 70.4 Å². The standard InChI is InChI=1S/C21H25N7O/c1-15-11-16-5-3-4-6-18(16)28(15)13-19(29)26-7-9-27(10-8-26)21-17-12-24-25(2)20(17)22-14-23-21/h3-6,12,14-15H,7-11,13H2,1-2H3. The van der Waals surface area contributed by atoms with Gasteiger partial charge in [-0.25, -0.2) is 9.97 Å². The van der Waals surface area contributed by atoms with Crippen molar-refractivity contribution >= 4 is 28.4 Å². The average molecular weight is 391 g/mol. The van der Waals surface area contributed by atoms with Crippen LogP contribution in [0.2, 0.25) is 0 Å². The molecule has 29 heavy (non-hydrogen) atoms. The monoisotopic (exact) mass is 391 g/mol. The number of hydrogen-bond acceptors (Lipinski definition) is 6. The fourth-order valence-electron chi connectivity index (χ4n) is 4.49. The summed E-state index contributed by atoms with van der Waals surface area (Å²) in [6, 6.07) is 8.77. The van der Waals surface area contributed by atoms with E-state index in [2.05, 4.69) is 50.0 Å². The summed E-state index contributed by atoms with van der Waals surface area (Å²) in [7, 11) is 1.88. The lowest BCUT2D eigenvalue weighted by Crippen LogP contribution is -2.52. The number of rotatable bonds is 3. The van der Waals surface area contributed by atoms with Crippen LogP contribution >= 0.6 is 0 Å². The van der Waals surface area contributed by atoms with E-state index in [1.165, 1.54) is 11.3 Å². The van der Waals surface area contributed by atoms with E-state index in [-0.39, 0.29) is 5.91 Å². The number of aromatic nitrogens is 4. The Balaban J connectivity index is 1.25. The molecule has 1 unspecified atom stereocenters. The Morgan fingerprint density at radius 3 is 2.76 bits per heavy atom. The van der Waals surface area contributed by atoms with Gasteiger partial charge in [-0.15, -0.1) is 0 Å². The molecule has 0 bridgehead atoms. The summed E-state index contributed by atoms with van der Waals surface area (Å²) >= 11 is 0. The molecule has 3 aromatic rings. The predicted molar refractivity (Wildman–Crippen MR) is 112 cm³/mol. The molecule has 0 saturated carbocycles. The van der Waals surface area contributed by atoms with Gasteiger partial charge in [-0.1, -0.05) is 18.2 Å². The van der Waals surface area contributed by atoms with Gasteiger partial charge in [-0.2, -0.15) is 5.10 Å². The minimum atomic E-state index is 0.197. The van der Waals surface area contributed by atoms with Gasteiger partial charge in [0.25, 0.3) is 0 Å². The maximum atomic E-state index is 13.0. The van der Waals surface area contributed by atoms with Gasteiger partial charge in [0.15, 0.2) is 5.65 Å². The summed E-state index contributed by atoms with van der Waals surface area (Å²) in [5.41, 5.74) is 3.36. The number of carbonyl (C=O) groups excluding carboxylic acids is 1. The summed E-state index contributed by atoms with van der Waals surface area (Å²) < 4.78 is 1.76. The normalized spacial score (nSPS) is 19.1. The van der Waals surface area contributed by atoms with Crippen LogP contribution in [0.3, 0.4) is 0 Å². The van der Waals surface area contributed by atoms with E-state index in [9.17, 15) is 4.79 Å². The number of benzene rings is 1. The van der Waals surface area contributed by atoms with Crippen molar-refractivity contribution in [3.05, 3.63) is 42.4 Å². The van der Waals surface area contributed by atoms with Crippen molar-refractivity contribution in [1.29, 1.82) is 0 Å². The largest absolute Gasteiger partial charge is 0.359 e. The van der Waals surface area contributed by atoms with Gasteiger partial charge in [0.05, 0.1) is 18.1 Å². The zero-order valence-electron chi connectivity index (χ0n) is 16.8. The Kier molecular flexibility index (Phi) is 4.34.